The first-order chi connectivity index (χ1) is 17.2. The van der Waals surface area contributed by atoms with Crippen molar-refractivity contribution >= 4 is 17.2 Å². The van der Waals surface area contributed by atoms with E-state index < -0.39 is 11.2 Å². The molecule has 2 N–H and O–H groups in total. The van der Waals surface area contributed by atoms with E-state index in [0.717, 1.165) is 59.6 Å². The normalized spacial score (nSPS) is 18.8. The van der Waals surface area contributed by atoms with Gasteiger partial charge >= 0.3 is 0 Å². The molecular weight excluding hydrogens is 470 g/mol. The minimum Gasteiger partial charge on any atom is -0.488 e. The molecule has 0 aliphatic carbocycles. The molecule has 1 saturated heterocycles. The number of hydrogen-bond donors (Lipinski definition) is 2. The van der Waals surface area contributed by atoms with Gasteiger partial charge in [0, 0.05) is 30.2 Å². The van der Waals surface area contributed by atoms with E-state index in [1.807, 2.05) is 56.3 Å². The molecular formula is C31H34ClNO3. The molecule has 2 heterocycles. The Morgan fingerprint density at radius 2 is 1.72 bits per heavy atom. The van der Waals surface area contributed by atoms with E-state index in [1.165, 1.54) is 5.56 Å². The molecule has 2 aliphatic rings. The van der Waals surface area contributed by atoms with E-state index >= 15 is 0 Å². The van der Waals surface area contributed by atoms with Gasteiger partial charge < -0.3 is 19.8 Å². The van der Waals surface area contributed by atoms with Crippen LogP contribution in [0, 0.1) is 0 Å². The van der Waals surface area contributed by atoms with Crippen LogP contribution < -0.4 is 4.74 Å². The highest BCUT2D eigenvalue weighted by Crippen LogP contribution is 2.39. The number of piperidine rings is 1. The second kappa shape index (κ2) is 10.0. The summed E-state index contributed by atoms with van der Waals surface area (Å²) in [6, 6.07) is 22.0. The highest BCUT2D eigenvalue weighted by atomic mass is 35.5. The van der Waals surface area contributed by atoms with Gasteiger partial charge in [0.25, 0.3) is 0 Å². The number of halogens is 1. The molecule has 4 nitrogen and oxygen atoms in total. The lowest BCUT2D eigenvalue weighted by atomic mass is 9.84. The van der Waals surface area contributed by atoms with Crippen molar-refractivity contribution in [1.29, 1.82) is 0 Å². The van der Waals surface area contributed by atoms with Crippen molar-refractivity contribution in [2.24, 2.45) is 0 Å². The van der Waals surface area contributed by atoms with Crippen LogP contribution in [-0.4, -0.2) is 34.7 Å². The van der Waals surface area contributed by atoms with Crippen molar-refractivity contribution in [3.05, 3.63) is 106 Å². The molecule has 1 fully saturated rings. The van der Waals surface area contributed by atoms with Crippen LogP contribution in [0.25, 0.3) is 5.57 Å². The summed E-state index contributed by atoms with van der Waals surface area (Å²) in [4.78, 5) is 2.43. The Hall–Kier alpha value is -2.63. The lowest BCUT2D eigenvalue weighted by molar-refractivity contribution is -0.0254. The van der Waals surface area contributed by atoms with Crippen LogP contribution in [0.15, 0.2) is 72.8 Å². The molecule has 3 aromatic rings. The van der Waals surface area contributed by atoms with Gasteiger partial charge in [-0.1, -0.05) is 60.1 Å². The van der Waals surface area contributed by atoms with E-state index in [-0.39, 0.29) is 0 Å². The molecule has 0 spiro atoms. The van der Waals surface area contributed by atoms with Crippen molar-refractivity contribution in [2.75, 3.05) is 19.6 Å². The third-order valence-electron chi connectivity index (χ3n) is 7.53. The largest absolute Gasteiger partial charge is 0.488 e. The average molecular weight is 504 g/mol. The number of aliphatic hydroxyl groups is 2. The quantitative estimate of drug-likeness (QED) is 0.431. The number of fused-ring (bicyclic) bond motifs is 2. The van der Waals surface area contributed by atoms with Gasteiger partial charge in [0.2, 0.25) is 0 Å². The lowest BCUT2D eigenvalue weighted by Gasteiger charge is -2.38. The van der Waals surface area contributed by atoms with Crippen LogP contribution in [0.4, 0.5) is 0 Å². The van der Waals surface area contributed by atoms with Crippen LogP contribution in [-0.2, 0) is 17.8 Å². The van der Waals surface area contributed by atoms with Gasteiger partial charge in [0.05, 0.1) is 11.2 Å². The molecule has 0 aromatic heterocycles. The zero-order valence-corrected chi connectivity index (χ0v) is 21.8. The van der Waals surface area contributed by atoms with Crippen molar-refractivity contribution in [3.8, 4) is 5.75 Å². The molecule has 3 aromatic carbocycles. The Labute approximate surface area is 218 Å². The molecule has 0 unspecified atom stereocenters. The van der Waals surface area contributed by atoms with Crippen LogP contribution in [0.5, 0.6) is 5.75 Å². The van der Waals surface area contributed by atoms with Gasteiger partial charge in [0.15, 0.2) is 0 Å². The van der Waals surface area contributed by atoms with Crippen LogP contribution in [0.2, 0.25) is 5.02 Å². The third kappa shape index (κ3) is 5.23. The number of hydrogen-bond acceptors (Lipinski definition) is 4. The van der Waals surface area contributed by atoms with E-state index in [0.29, 0.717) is 24.5 Å². The first-order valence-corrected chi connectivity index (χ1v) is 13.1. The molecule has 188 valence electrons. The van der Waals surface area contributed by atoms with Crippen molar-refractivity contribution in [1.82, 2.24) is 4.90 Å². The second-order valence-electron chi connectivity index (χ2n) is 10.5. The Morgan fingerprint density at radius 3 is 2.44 bits per heavy atom. The molecule has 2 aliphatic heterocycles. The second-order valence-corrected chi connectivity index (χ2v) is 10.9. The number of rotatable bonds is 5. The Kier molecular flexibility index (Phi) is 6.97. The SMILES string of the molecule is CC(C)(O)c1ccc2c(c1)/C(=C/CCN1CCC(O)(c3ccc(Cl)cc3)CC1)c1ccccc1CO2. The van der Waals surface area contributed by atoms with Gasteiger partial charge in [-0.3, -0.25) is 0 Å². The average Bonchev–Trinajstić information content (AvgIpc) is 3.02. The molecule has 0 bridgehead atoms. The third-order valence-corrected chi connectivity index (χ3v) is 7.78. The van der Waals surface area contributed by atoms with Gasteiger partial charge in [-0.2, -0.15) is 0 Å². The van der Waals surface area contributed by atoms with Crippen LogP contribution in [0.3, 0.4) is 0 Å². The molecule has 0 saturated carbocycles. The fraction of sp³-hybridized carbons (Fsp3) is 0.355. The zero-order valence-electron chi connectivity index (χ0n) is 21.0. The van der Waals surface area contributed by atoms with Gasteiger partial charge in [-0.25, -0.2) is 0 Å². The number of likely N-dealkylation sites (tertiary alicyclic amines) is 1. The highest BCUT2D eigenvalue weighted by molar-refractivity contribution is 6.30. The Bertz CT molecular complexity index is 1250. The number of nitrogens with zero attached hydrogens (tertiary/aromatic N) is 1. The first-order valence-electron chi connectivity index (χ1n) is 12.7. The van der Waals surface area contributed by atoms with Crippen LogP contribution >= 0.6 is 11.6 Å². The van der Waals surface area contributed by atoms with Crippen molar-refractivity contribution in [2.45, 2.75) is 50.9 Å². The predicted molar refractivity (Wildman–Crippen MR) is 145 cm³/mol. The summed E-state index contributed by atoms with van der Waals surface area (Å²) in [6.45, 7) is 6.76. The van der Waals surface area contributed by atoms with Crippen molar-refractivity contribution in [3.63, 3.8) is 0 Å². The van der Waals surface area contributed by atoms with Crippen LogP contribution in [0.1, 0.15) is 60.9 Å². The molecule has 5 rings (SSSR count). The van der Waals surface area contributed by atoms with E-state index in [2.05, 4.69) is 35.2 Å². The van der Waals surface area contributed by atoms with Gasteiger partial charge in [-0.15, -0.1) is 0 Å². The van der Waals surface area contributed by atoms with Gasteiger partial charge in [0.1, 0.15) is 12.4 Å². The smallest absolute Gasteiger partial charge is 0.127 e. The Balaban J connectivity index is 1.34. The summed E-state index contributed by atoms with van der Waals surface area (Å²) < 4.78 is 6.17. The maximum Gasteiger partial charge on any atom is 0.127 e. The number of ether oxygens (including phenoxy) is 1. The Morgan fingerprint density at radius 1 is 1.00 bits per heavy atom. The first kappa shape index (κ1) is 25.0. The molecule has 0 amide bonds. The fourth-order valence-corrected chi connectivity index (χ4v) is 5.39. The topological polar surface area (TPSA) is 52.9 Å². The minimum absolute atomic E-state index is 0.526. The standard InChI is InChI=1S/C31H34ClNO3/c1-30(2,34)24-11-14-29-28(20-24)27(26-7-4-3-6-22(26)21-36-29)8-5-17-33-18-15-31(35,16-19-33)23-9-12-25(32)13-10-23/h3-4,6-14,20,34-35H,5,15-19,21H2,1-2H3/b27-8+. The molecule has 36 heavy (non-hydrogen) atoms. The summed E-state index contributed by atoms with van der Waals surface area (Å²) >= 11 is 6.03. The summed E-state index contributed by atoms with van der Waals surface area (Å²) in [5.41, 5.74) is 4.62. The van der Waals surface area contributed by atoms with E-state index in [9.17, 15) is 10.2 Å². The maximum atomic E-state index is 11.2. The minimum atomic E-state index is -0.930. The van der Waals surface area contributed by atoms with Crippen molar-refractivity contribution < 1.29 is 14.9 Å². The van der Waals surface area contributed by atoms with E-state index in [4.69, 9.17) is 16.3 Å². The van der Waals surface area contributed by atoms with E-state index in [1.54, 1.807) is 0 Å². The maximum absolute atomic E-state index is 11.2. The number of benzene rings is 3. The predicted octanol–water partition coefficient (Wildman–Crippen LogP) is 6.27. The zero-order chi connectivity index (χ0) is 25.3. The highest BCUT2D eigenvalue weighted by Gasteiger charge is 2.33. The molecule has 0 radical (unpaired) electrons. The van der Waals surface area contributed by atoms with Gasteiger partial charge in [-0.05, 0) is 85.2 Å². The summed E-state index contributed by atoms with van der Waals surface area (Å²) in [7, 11) is 0. The summed E-state index contributed by atoms with van der Waals surface area (Å²) in [6.07, 6.45) is 4.61. The summed E-state index contributed by atoms with van der Waals surface area (Å²) in [5, 5.41) is 22.5. The monoisotopic (exact) mass is 503 g/mol. The molecule has 5 heteroatoms. The fourth-order valence-electron chi connectivity index (χ4n) is 5.26. The molecule has 0 atom stereocenters. The lowest BCUT2D eigenvalue weighted by Crippen LogP contribution is -2.42. The summed E-state index contributed by atoms with van der Waals surface area (Å²) in [5.74, 6) is 0.844.